The average Bonchev–Trinajstić information content (AvgIpc) is 2.44. The van der Waals surface area contributed by atoms with Crippen molar-refractivity contribution in [3.05, 3.63) is 28.8 Å². The molecule has 2 atom stereocenters. The number of hydrogen-bond acceptors (Lipinski definition) is 3. The predicted molar refractivity (Wildman–Crippen MR) is 87.6 cm³/mol. The van der Waals surface area contributed by atoms with Crippen LogP contribution >= 0.6 is 11.6 Å². The summed E-state index contributed by atoms with van der Waals surface area (Å²) in [5, 5.41) is 3.57. The molecule has 2 unspecified atom stereocenters. The van der Waals surface area contributed by atoms with Crippen molar-refractivity contribution in [1.82, 2.24) is 4.90 Å². The molecule has 1 aromatic rings. The molecule has 1 aliphatic rings. The summed E-state index contributed by atoms with van der Waals surface area (Å²) in [7, 11) is 0. The molecule has 1 aliphatic heterocycles. The van der Waals surface area contributed by atoms with Gasteiger partial charge >= 0.3 is 0 Å². The quantitative estimate of drug-likeness (QED) is 0.899. The van der Waals surface area contributed by atoms with Crippen molar-refractivity contribution in [3.63, 3.8) is 0 Å². The van der Waals surface area contributed by atoms with E-state index in [-0.39, 0.29) is 5.91 Å². The van der Waals surface area contributed by atoms with Crippen molar-refractivity contribution in [2.45, 2.75) is 32.7 Å². The van der Waals surface area contributed by atoms with Gasteiger partial charge in [-0.1, -0.05) is 24.6 Å². The van der Waals surface area contributed by atoms with Crippen LogP contribution < -0.4 is 11.1 Å². The maximum atomic E-state index is 12.2. The van der Waals surface area contributed by atoms with Crippen molar-refractivity contribution >= 4 is 23.2 Å². The fraction of sp³-hybridized carbons (Fsp3) is 0.562. The monoisotopic (exact) mass is 309 g/mol. The molecule has 0 aromatic heterocycles. The van der Waals surface area contributed by atoms with E-state index in [2.05, 4.69) is 17.1 Å². The zero-order valence-corrected chi connectivity index (χ0v) is 13.5. The minimum absolute atomic E-state index is 0.0112. The van der Waals surface area contributed by atoms with Crippen molar-refractivity contribution in [2.75, 3.05) is 25.0 Å². The van der Waals surface area contributed by atoms with Gasteiger partial charge in [-0.2, -0.15) is 0 Å². The first kappa shape index (κ1) is 16.3. The van der Waals surface area contributed by atoms with Crippen LogP contribution in [-0.4, -0.2) is 36.5 Å². The second-order valence-corrected chi connectivity index (χ2v) is 6.41. The lowest BCUT2D eigenvalue weighted by Gasteiger charge is -2.37. The number of hydrogen-bond donors (Lipinski definition) is 2. The van der Waals surface area contributed by atoms with Crippen LogP contribution in [0.25, 0.3) is 0 Å². The summed E-state index contributed by atoms with van der Waals surface area (Å²) in [6.45, 7) is 6.11. The number of carbonyl (C=O) groups is 1. The van der Waals surface area contributed by atoms with E-state index < -0.39 is 0 Å². The van der Waals surface area contributed by atoms with E-state index in [0.717, 1.165) is 30.6 Å². The smallest absolute Gasteiger partial charge is 0.238 e. The molecule has 5 heteroatoms. The summed E-state index contributed by atoms with van der Waals surface area (Å²) < 4.78 is 0. The first-order valence-electron chi connectivity index (χ1n) is 7.49. The fourth-order valence-electron chi connectivity index (χ4n) is 2.81. The number of rotatable bonds is 4. The summed E-state index contributed by atoms with van der Waals surface area (Å²) in [6, 6.07) is 5.87. The number of halogens is 1. The molecule has 1 aromatic carbocycles. The van der Waals surface area contributed by atoms with E-state index in [1.165, 1.54) is 0 Å². The Morgan fingerprint density at radius 1 is 1.52 bits per heavy atom. The molecule has 1 amide bonds. The topological polar surface area (TPSA) is 58.4 Å². The highest BCUT2D eigenvalue weighted by molar-refractivity contribution is 6.31. The van der Waals surface area contributed by atoms with Gasteiger partial charge in [0.1, 0.15) is 0 Å². The Kier molecular flexibility index (Phi) is 5.62. The van der Waals surface area contributed by atoms with Crippen molar-refractivity contribution < 1.29 is 4.79 Å². The molecule has 0 aliphatic carbocycles. The first-order chi connectivity index (χ1) is 9.99. The van der Waals surface area contributed by atoms with Gasteiger partial charge in [0.15, 0.2) is 0 Å². The van der Waals surface area contributed by atoms with E-state index in [4.69, 9.17) is 17.3 Å². The molecule has 0 saturated carbocycles. The van der Waals surface area contributed by atoms with Gasteiger partial charge in [0.05, 0.1) is 6.54 Å². The maximum Gasteiger partial charge on any atom is 0.238 e. The number of carbonyl (C=O) groups excluding carboxylic acids is 1. The molecule has 3 N–H and O–H groups in total. The lowest BCUT2D eigenvalue weighted by atomic mass is 9.92. The van der Waals surface area contributed by atoms with Gasteiger partial charge in [0, 0.05) is 23.3 Å². The Balaban J connectivity index is 1.93. The Morgan fingerprint density at radius 2 is 2.29 bits per heavy atom. The molecule has 0 bridgehead atoms. The van der Waals surface area contributed by atoms with Crippen LogP contribution in [0.2, 0.25) is 5.02 Å². The number of amides is 1. The largest absolute Gasteiger partial charge is 0.329 e. The Morgan fingerprint density at radius 3 is 2.95 bits per heavy atom. The van der Waals surface area contributed by atoms with Crippen molar-refractivity contribution in [2.24, 2.45) is 11.7 Å². The van der Waals surface area contributed by atoms with E-state index in [9.17, 15) is 4.79 Å². The second-order valence-electron chi connectivity index (χ2n) is 6.00. The van der Waals surface area contributed by atoms with Gasteiger partial charge < -0.3 is 11.1 Å². The van der Waals surface area contributed by atoms with Gasteiger partial charge in [-0.25, -0.2) is 0 Å². The zero-order chi connectivity index (χ0) is 15.4. The minimum atomic E-state index is -0.0112. The lowest BCUT2D eigenvalue weighted by Crippen LogP contribution is -2.49. The van der Waals surface area contributed by atoms with E-state index in [1.807, 2.05) is 19.1 Å². The van der Waals surface area contributed by atoms with Crippen molar-refractivity contribution in [1.29, 1.82) is 0 Å². The number of nitrogens with zero attached hydrogens (tertiary/aromatic N) is 1. The molecule has 1 saturated heterocycles. The highest BCUT2D eigenvalue weighted by Crippen LogP contribution is 2.22. The summed E-state index contributed by atoms with van der Waals surface area (Å²) >= 11 is 6.07. The average molecular weight is 310 g/mol. The zero-order valence-electron chi connectivity index (χ0n) is 12.7. The standard InChI is InChI=1S/C16H24ClN3O/c1-11-5-6-20(14(7-11)9-18)10-16(21)19-13-4-3-12(2)15(17)8-13/h3-4,8,11,14H,5-7,9-10,18H2,1-2H3,(H,19,21). The normalized spacial score (nSPS) is 23.0. The van der Waals surface area contributed by atoms with Crippen LogP contribution in [0.5, 0.6) is 0 Å². The molecular formula is C16H24ClN3O. The van der Waals surface area contributed by atoms with Gasteiger partial charge in [-0.3, -0.25) is 9.69 Å². The van der Waals surface area contributed by atoms with Crippen LogP contribution in [0.3, 0.4) is 0 Å². The van der Waals surface area contributed by atoms with Crippen molar-refractivity contribution in [3.8, 4) is 0 Å². The number of benzene rings is 1. The third-order valence-electron chi connectivity index (χ3n) is 4.17. The number of nitrogens with one attached hydrogen (secondary N) is 1. The molecule has 4 nitrogen and oxygen atoms in total. The Bertz CT molecular complexity index is 506. The number of likely N-dealkylation sites (tertiary alicyclic amines) is 1. The highest BCUT2D eigenvalue weighted by Gasteiger charge is 2.26. The van der Waals surface area contributed by atoms with Crippen LogP contribution in [0, 0.1) is 12.8 Å². The lowest BCUT2D eigenvalue weighted by molar-refractivity contribution is -0.118. The minimum Gasteiger partial charge on any atom is -0.329 e. The molecule has 21 heavy (non-hydrogen) atoms. The Labute approximate surface area is 131 Å². The third kappa shape index (κ3) is 4.43. The van der Waals surface area contributed by atoms with Crippen LogP contribution in [0.4, 0.5) is 5.69 Å². The van der Waals surface area contributed by atoms with Gasteiger partial charge in [-0.05, 0) is 49.9 Å². The van der Waals surface area contributed by atoms with Gasteiger partial charge in [-0.15, -0.1) is 0 Å². The number of anilines is 1. The van der Waals surface area contributed by atoms with E-state index >= 15 is 0 Å². The Hall–Kier alpha value is -1.10. The number of nitrogens with two attached hydrogens (primary N) is 1. The molecule has 1 fully saturated rings. The molecule has 1 heterocycles. The van der Waals surface area contributed by atoms with Crippen LogP contribution in [0.1, 0.15) is 25.3 Å². The molecule has 2 rings (SSSR count). The molecular weight excluding hydrogens is 286 g/mol. The summed E-state index contributed by atoms with van der Waals surface area (Å²) in [5.74, 6) is 0.677. The van der Waals surface area contributed by atoms with Gasteiger partial charge in [0.2, 0.25) is 5.91 Å². The first-order valence-corrected chi connectivity index (χ1v) is 7.87. The summed E-state index contributed by atoms with van der Waals surface area (Å²) in [5.41, 5.74) is 7.57. The molecule has 116 valence electrons. The number of aryl methyl sites for hydroxylation is 1. The summed E-state index contributed by atoms with van der Waals surface area (Å²) in [4.78, 5) is 14.4. The predicted octanol–water partition coefficient (Wildman–Crippen LogP) is 2.65. The van der Waals surface area contributed by atoms with Crippen LogP contribution in [0.15, 0.2) is 18.2 Å². The summed E-state index contributed by atoms with van der Waals surface area (Å²) in [6.07, 6.45) is 2.19. The second kappa shape index (κ2) is 7.25. The maximum absolute atomic E-state index is 12.2. The SMILES string of the molecule is Cc1ccc(NC(=O)CN2CCC(C)CC2CN)cc1Cl. The number of piperidine rings is 1. The highest BCUT2D eigenvalue weighted by atomic mass is 35.5. The van der Waals surface area contributed by atoms with Gasteiger partial charge in [0.25, 0.3) is 0 Å². The van der Waals surface area contributed by atoms with E-state index in [1.54, 1.807) is 6.07 Å². The molecule has 0 spiro atoms. The van der Waals surface area contributed by atoms with E-state index in [0.29, 0.717) is 30.1 Å². The van der Waals surface area contributed by atoms with Crippen LogP contribution in [-0.2, 0) is 4.79 Å². The molecule has 0 radical (unpaired) electrons. The third-order valence-corrected chi connectivity index (χ3v) is 4.58. The fourth-order valence-corrected chi connectivity index (χ4v) is 2.99.